The molecule has 10 heavy (non-hydrogen) atoms. The van der Waals surface area contributed by atoms with E-state index in [4.69, 9.17) is 0 Å². The molecule has 0 aromatic carbocycles. The zero-order chi connectivity index (χ0) is 7.72. The van der Waals surface area contributed by atoms with Gasteiger partial charge in [-0.1, -0.05) is 0 Å². The van der Waals surface area contributed by atoms with E-state index in [9.17, 15) is 0 Å². The second kappa shape index (κ2) is 2.86. The minimum absolute atomic E-state index is 0.596. The molecule has 1 unspecified atom stereocenters. The third-order valence-electron chi connectivity index (χ3n) is 2.49. The Balaban J connectivity index is 2.52. The van der Waals surface area contributed by atoms with Crippen molar-refractivity contribution in [1.82, 2.24) is 15.3 Å². The lowest BCUT2D eigenvalue weighted by Crippen LogP contribution is -2.60. The fourth-order valence-corrected chi connectivity index (χ4v) is 1.19. The van der Waals surface area contributed by atoms with Crippen molar-refractivity contribution in [3.63, 3.8) is 0 Å². The lowest BCUT2D eigenvalue weighted by atomic mass is 10.1. The summed E-state index contributed by atoms with van der Waals surface area (Å²) in [5, 5.41) is 7.85. The smallest absolute Gasteiger partial charge is 0.0622 e. The molecule has 0 amide bonds. The molecular formula is C7H17N3. The number of likely N-dealkylation sites (N-methyl/N-ethyl adjacent to an activating group) is 1. The van der Waals surface area contributed by atoms with Crippen LogP contribution in [-0.4, -0.2) is 42.9 Å². The second-order valence-electron chi connectivity index (χ2n) is 3.12. The van der Waals surface area contributed by atoms with Gasteiger partial charge in [0.1, 0.15) is 0 Å². The van der Waals surface area contributed by atoms with Crippen LogP contribution in [0.25, 0.3) is 0 Å². The third kappa shape index (κ3) is 1.31. The van der Waals surface area contributed by atoms with Crippen molar-refractivity contribution < 1.29 is 0 Å². The molecule has 3 nitrogen and oxygen atoms in total. The van der Waals surface area contributed by atoms with Crippen molar-refractivity contribution in [1.29, 1.82) is 0 Å². The lowest BCUT2D eigenvalue weighted by Gasteiger charge is -2.42. The summed E-state index contributed by atoms with van der Waals surface area (Å²) >= 11 is 0. The van der Waals surface area contributed by atoms with Gasteiger partial charge in [-0.25, -0.2) is 10.0 Å². The number of hydrogen-bond donors (Lipinski definition) is 1. The third-order valence-corrected chi connectivity index (χ3v) is 2.49. The summed E-state index contributed by atoms with van der Waals surface area (Å²) in [6.45, 7) is 5.41. The van der Waals surface area contributed by atoms with Crippen molar-refractivity contribution in [2.75, 3.05) is 20.8 Å². The van der Waals surface area contributed by atoms with Crippen LogP contribution in [0.2, 0.25) is 0 Å². The molecule has 0 saturated carbocycles. The summed E-state index contributed by atoms with van der Waals surface area (Å²) in [6, 6.07) is 1.19. The number of hydrogen-bond acceptors (Lipinski definition) is 3. The van der Waals surface area contributed by atoms with Crippen molar-refractivity contribution >= 4 is 0 Å². The molecule has 0 radical (unpaired) electrons. The summed E-state index contributed by atoms with van der Waals surface area (Å²) < 4.78 is 0. The maximum Gasteiger partial charge on any atom is 0.0622 e. The maximum absolute atomic E-state index is 3.40. The Morgan fingerprint density at radius 2 is 1.90 bits per heavy atom. The Labute approximate surface area is 63.0 Å². The molecule has 1 rings (SSSR count). The van der Waals surface area contributed by atoms with E-state index in [0.29, 0.717) is 12.1 Å². The predicted octanol–water partition coefficient (Wildman–Crippen LogP) is 0.103. The minimum Gasteiger partial charge on any atom is -0.299 e. The molecular weight excluding hydrogens is 126 g/mol. The maximum atomic E-state index is 3.40. The molecule has 0 spiro atoms. The van der Waals surface area contributed by atoms with Gasteiger partial charge in [-0.2, -0.15) is 0 Å². The molecule has 1 N–H and O–H groups in total. The normalized spacial score (nSPS) is 38.4. The quantitative estimate of drug-likeness (QED) is 0.519. The van der Waals surface area contributed by atoms with Gasteiger partial charge in [0, 0.05) is 26.2 Å². The fourth-order valence-electron chi connectivity index (χ4n) is 1.19. The molecule has 0 aliphatic carbocycles. The standard InChI is InChI=1S/C7H17N3/c1-6-7(2)10(4)9(3)5-8-6/h6-8H,5H2,1-4H3/t6?,7-/m1/s1. The van der Waals surface area contributed by atoms with Crippen LogP contribution in [0.15, 0.2) is 0 Å². The number of nitrogens with zero attached hydrogens (tertiary/aromatic N) is 2. The van der Waals surface area contributed by atoms with E-state index >= 15 is 0 Å². The first-order valence-corrected chi connectivity index (χ1v) is 3.80. The number of nitrogens with one attached hydrogen (secondary N) is 1. The Morgan fingerprint density at radius 1 is 1.30 bits per heavy atom. The minimum atomic E-state index is 0.596. The van der Waals surface area contributed by atoms with Crippen LogP contribution < -0.4 is 5.32 Å². The van der Waals surface area contributed by atoms with E-state index in [1.807, 2.05) is 0 Å². The molecule has 1 heterocycles. The van der Waals surface area contributed by atoms with Crippen molar-refractivity contribution in [2.45, 2.75) is 25.9 Å². The Hall–Kier alpha value is -0.120. The first-order chi connectivity index (χ1) is 4.63. The zero-order valence-electron chi connectivity index (χ0n) is 7.26. The average Bonchev–Trinajstić information content (AvgIpc) is 1.93. The van der Waals surface area contributed by atoms with Crippen molar-refractivity contribution in [3.05, 3.63) is 0 Å². The molecule has 60 valence electrons. The summed E-state index contributed by atoms with van der Waals surface area (Å²) in [4.78, 5) is 0. The highest BCUT2D eigenvalue weighted by atomic mass is 15.7. The van der Waals surface area contributed by atoms with Gasteiger partial charge in [-0.05, 0) is 13.8 Å². The zero-order valence-corrected chi connectivity index (χ0v) is 7.26. The van der Waals surface area contributed by atoms with Gasteiger partial charge in [0.25, 0.3) is 0 Å². The Morgan fingerprint density at radius 3 is 2.40 bits per heavy atom. The van der Waals surface area contributed by atoms with Crippen LogP contribution in [0, 0.1) is 0 Å². The highest BCUT2D eigenvalue weighted by Crippen LogP contribution is 2.07. The van der Waals surface area contributed by atoms with Crippen LogP contribution in [0.4, 0.5) is 0 Å². The summed E-state index contributed by atoms with van der Waals surface area (Å²) in [7, 11) is 4.22. The van der Waals surface area contributed by atoms with E-state index in [2.05, 4.69) is 43.3 Å². The lowest BCUT2D eigenvalue weighted by molar-refractivity contribution is -0.0609. The van der Waals surface area contributed by atoms with E-state index in [1.165, 1.54) is 0 Å². The van der Waals surface area contributed by atoms with Gasteiger partial charge >= 0.3 is 0 Å². The average molecular weight is 143 g/mol. The van der Waals surface area contributed by atoms with Gasteiger partial charge in [0.15, 0.2) is 0 Å². The fraction of sp³-hybridized carbons (Fsp3) is 1.00. The first-order valence-electron chi connectivity index (χ1n) is 3.80. The largest absolute Gasteiger partial charge is 0.299 e. The summed E-state index contributed by atoms with van der Waals surface area (Å²) in [6.07, 6.45) is 0. The van der Waals surface area contributed by atoms with Crippen LogP contribution in [0.5, 0.6) is 0 Å². The van der Waals surface area contributed by atoms with Crippen LogP contribution in [0.1, 0.15) is 13.8 Å². The number of rotatable bonds is 0. The summed E-state index contributed by atoms with van der Waals surface area (Å²) in [5.41, 5.74) is 0. The topological polar surface area (TPSA) is 18.5 Å². The van der Waals surface area contributed by atoms with E-state index in [-0.39, 0.29) is 0 Å². The van der Waals surface area contributed by atoms with E-state index in [0.717, 1.165) is 6.67 Å². The monoisotopic (exact) mass is 143 g/mol. The van der Waals surface area contributed by atoms with Crippen molar-refractivity contribution in [3.8, 4) is 0 Å². The van der Waals surface area contributed by atoms with Crippen LogP contribution in [-0.2, 0) is 0 Å². The molecule has 1 saturated heterocycles. The van der Waals surface area contributed by atoms with Gasteiger partial charge < -0.3 is 0 Å². The van der Waals surface area contributed by atoms with E-state index < -0.39 is 0 Å². The molecule has 1 aliphatic rings. The molecule has 3 heteroatoms. The van der Waals surface area contributed by atoms with Gasteiger partial charge in [-0.15, -0.1) is 0 Å². The predicted molar refractivity (Wildman–Crippen MR) is 42.5 cm³/mol. The summed E-state index contributed by atoms with van der Waals surface area (Å²) in [5.74, 6) is 0. The number of hydrazine groups is 1. The van der Waals surface area contributed by atoms with E-state index in [1.54, 1.807) is 0 Å². The van der Waals surface area contributed by atoms with Gasteiger partial charge in [0.05, 0.1) is 6.67 Å². The molecule has 0 aromatic rings. The van der Waals surface area contributed by atoms with Crippen LogP contribution >= 0.6 is 0 Å². The van der Waals surface area contributed by atoms with Gasteiger partial charge in [-0.3, -0.25) is 5.32 Å². The highest BCUT2D eigenvalue weighted by molar-refractivity contribution is 4.77. The van der Waals surface area contributed by atoms with Crippen LogP contribution in [0.3, 0.4) is 0 Å². The Bertz CT molecular complexity index is 101. The van der Waals surface area contributed by atoms with Gasteiger partial charge in [0.2, 0.25) is 0 Å². The molecule has 1 aliphatic heterocycles. The highest BCUT2D eigenvalue weighted by Gasteiger charge is 2.24. The van der Waals surface area contributed by atoms with Crippen molar-refractivity contribution in [2.24, 2.45) is 0 Å². The molecule has 0 bridgehead atoms. The SMILES string of the molecule is CC1NCN(C)N(C)[C@@H]1C. The molecule has 1 fully saturated rings. The Kier molecular flexibility index (Phi) is 2.28. The second-order valence-corrected chi connectivity index (χ2v) is 3.12. The first kappa shape index (κ1) is 7.98. The molecule has 2 atom stereocenters. The molecule has 0 aromatic heterocycles.